The van der Waals surface area contributed by atoms with Crippen LogP contribution in [0.15, 0.2) is 90.6 Å². The van der Waals surface area contributed by atoms with Crippen molar-refractivity contribution in [3.63, 3.8) is 0 Å². The average Bonchev–Trinajstić information content (AvgIpc) is 3.15. The molecule has 0 saturated carbocycles. The van der Waals surface area contributed by atoms with Crippen molar-refractivity contribution in [2.24, 2.45) is 0 Å². The largest absolute Gasteiger partial charge is 0.618 e. The molecular formula is C31H28N2O5. The Bertz CT molecular complexity index is 1490. The van der Waals surface area contributed by atoms with E-state index in [1.54, 1.807) is 36.4 Å². The molecule has 7 heteroatoms. The highest BCUT2D eigenvalue weighted by atomic mass is 16.5. The first kappa shape index (κ1) is 25.0. The molecule has 1 amide bonds. The fourth-order valence-electron chi connectivity index (χ4n) is 4.46. The smallest absolute Gasteiger partial charge is 0.268 e. The van der Waals surface area contributed by atoms with Gasteiger partial charge in [0.1, 0.15) is 5.75 Å². The van der Waals surface area contributed by atoms with Crippen LogP contribution in [0.1, 0.15) is 34.9 Å². The molecule has 0 radical (unpaired) electrons. The Morgan fingerprint density at radius 1 is 1.05 bits per heavy atom. The highest BCUT2D eigenvalue weighted by Gasteiger charge is 2.25. The average molecular weight is 509 g/mol. The number of hydrogen-bond acceptors (Lipinski definition) is 5. The van der Waals surface area contributed by atoms with Crippen molar-refractivity contribution in [2.75, 3.05) is 19.0 Å². The van der Waals surface area contributed by atoms with Crippen LogP contribution in [0.2, 0.25) is 0 Å². The van der Waals surface area contributed by atoms with E-state index >= 15 is 0 Å². The molecular weight excluding hydrogens is 480 g/mol. The van der Waals surface area contributed by atoms with E-state index in [4.69, 9.17) is 9.47 Å². The Hall–Kier alpha value is -4.62. The van der Waals surface area contributed by atoms with Gasteiger partial charge >= 0.3 is 0 Å². The molecule has 1 aliphatic heterocycles. The highest BCUT2D eigenvalue weighted by Crippen LogP contribution is 2.32. The van der Waals surface area contributed by atoms with Crippen molar-refractivity contribution in [1.82, 2.24) is 0 Å². The minimum atomic E-state index is -1.19. The third kappa shape index (κ3) is 5.23. The van der Waals surface area contributed by atoms with Gasteiger partial charge < -0.3 is 25.1 Å². The van der Waals surface area contributed by atoms with Crippen LogP contribution in [0.4, 0.5) is 5.69 Å². The van der Waals surface area contributed by atoms with Crippen LogP contribution >= 0.6 is 0 Å². The molecule has 0 spiro atoms. The molecule has 1 atom stereocenters. The number of aryl methyl sites for hydroxylation is 1. The molecule has 2 N–H and O–H groups in total. The van der Waals surface area contributed by atoms with E-state index in [-0.39, 0.29) is 11.6 Å². The first-order valence-electron chi connectivity index (χ1n) is 12.3. The maximum atomic E-state index is 13.1. The number of anilines is 1. The minimum absolute atomic E-state index is 0.0964. The maximum absolute atomic E-state index is 13.1. The quantitative estimate of drug-likeness (QED) is 0.276. The van der Waals surface area contributed by atoms with Crippen LogP contribution in [0.3, 0.4) is 0 Å². The number of aromatic nitrogens is 1. The normalized spacial score (nSPS) is 13.4. The second-order valence-electron chi connectivity index (χ2n) is 9.15. The topological polar surface area (TPSA) is 94.7 Å². The van der Waals surface area contributed by atoms with Crippen molar-refractivity contribution >= 4 is 17.7 Å². The van der Waals surface area contributed by atoms with Gasteiger partial charge in [-0.1, -0.05) is 48.0 Å². The zero-order valence-electron chi connectivity index (χ0n) is 21.2. The summed E-state index contributed by atoms with van der Waals surface area (Å²) in [5.41, 5.74) is 5.97. The number of rotatable bonds is 6. The summed E-state index contributed by atoms with van der Waals surface area (Å²) in [6, 6.07) is 24.2. The Morgan fingerprint density at radius 2 is 1.79 bits per heavy atom. The monoisotopic (exact) mass is 508 g/mol. The maximum Gasteiger partial charge on any atom is 0.268 e. The predicted octanol–water partition coefficient (Wildman–Crippen LogP) is 5.19. The number of aliphatic hydroxyl groups excluding tert-OH is 1. The zero-order valence-corrected chi connectivity index (χ0v) is 21.2. The summed E-state index contributed by atoms with van der Waals surface area (Å²) in [6.07, 6.45) is 2.47. The predicted molar refractivity (Wildman–Crippen MR) is 146 cm³/mol. The lowest BCUT2D eigenvalue weighted by Crippen LogP contribution is -2.33. The Morgan fingerprint density at radius 3 is 2.53 bits per heavy atom. The molecule has 2 heterocycles. The Kier molecular flexibility index (Phi) is 7.11. The number of methoxy groups -OCH3 is 1. The molecule has 7 nitrogen and oxygen atoms in total. The van der Waals surface area contributed by atoms with E-state index < -0.39 is 6.10 Å². The zero-order chi connectivity index (χ0) is 26.6. The first-order valence-corrected chi connectivity index (χ1v) is 12.3. The van der Waals surface area contributed by atoms with Crippen LogP contribution in [0, 0.1) is 12.1 Å². The Labute approximate surface area is 221 Å². The van der Waals surface area contributed by atoms with Crippen LogP contribution < -0.4 is 19.5 Å². The van der Waals surface area contributed by atoms with E-state index in [0.29, 0.717) is 40.3 Å². The lowest BCUT2D eigenvalue weighted by molar-refractivity contribution is -0.618. The summed E-state index contributed by atoms with van der Waals surface area (Å²) in [5.74, 6) is 0.812. The number of hydrogen-bond donors (Lipinski definition) is 2. The summed E-state index contributed by atoms with van der Waals surface area (Å²) in [6.45, 7) is 2.45. The van der Waals surface area contributed by atoms with E-state index in [0.717, 1.165) is 22.4 Å². The number of pyridine rings is 1. The number of nitrogens with zero attached hydrogens (tertiary/aromatic N) is 1. The van der Waals surface area contributed by atoms with Crippen LogP contribution in [0.25, 0.3) is 17.2 Å². The van der Waals surface area contributed by atoms with Crippen molar-refractivity contribution in [2.45, 2.75) is 19.4 Å². The van der Waals surface area contributed by atoms with Crippen LogP contribution in [-0.2, 0) is 4.79 Å². The van der Waals surface area contributed by atoms with Crippen molar-refractivity contribution in [1.29, 1.82) is 0 Å². The van der Waals surface area contributed by atoms with E-state index in [1.807, 2.05) is 24.3 Å². The molecule has 0 aliphatic carbocycles. The number of nitrogens with one attached hydrogen (secondary N) is 1. The van der Waals surface area contributed by atoms with Gasteiger partial charge in [0.25, 0.3) is 11.6 Å². The van der Waals surface area contributed by atoms with Crippen molar-refractivity contribution in [3.05, 3.63) is 118 Å². The van der Waals surface area contributed by atoms with Gasteiger partial charge in [0.2, 0.25) is 0 Å². The molecule has 192 valence electrons. The van der Waals surface area contributed by atoms with Crippen LogP contribution in [-0.4, -0.2) is 24.7 Å². The van der Waals surface area contributed by atoms with Gasteiger partial charge in [0, 0.05) is 29.3 Å². The van der Waals surface area contributed by atoms with E-state index in [1.165, 1.54) is 18.9 Å². The van der Waals surface area contributed by atoms with E-state index in [9.17, 15) is 15.1 Å². The second-order valence-corrected chi connectivity index (χ2v) is 9.15. The highest BCUT2D eigenvalue weighted by molar-refractivity contribution is 6.07. The number of fused-ring (bicyclic) bond motifs is 1. The third-order valence-corrected chi connectivity index (χ3v) is 6.57. The molecule has 0 bridgehead atoms. The fraction of sp³-hybridized carbons (Fsp3) is 0.161. The molecule has 1 unspecified atom stereocenters. The van der Waals surface area contributed by atoms with Crippen molar-refractivity contribution < 1.29 is 24.1 Å². The van der Waals surface area contributed by atoms with E-state index in [2.05, 4.69) is 36.5 Å². The first-order chi connectivity index (χ1) is 18.4. The molecule has 0 fully saturated rings. The molecule has 1 aromatic heterocycles. The summed E-state index contributed by atoms with van der Waals surface area (Å²) in [5, 5.41) is 26.0. The fourth-order valence-corrected chi connectivity index (χ4v) is 4.46. The van der Waals surface area contributed by atoms with Gasteiger partial charge in [-0.25, -0.2) is 0 Å². The molecule has 1 aliphatic rings. The van der Waals surface area contributed by atoms with Crippen molar-refractivity contribution in [3.8, 4) is 22.6 Å². The van der Waals surface area contributed by atoms with Gasteiger partial charge in [0.15, 0.2) is 18.1 Å². The molecule has 0 saturated heterocycles. The van der Waals surface area contributed by atoms with Gasteiger partial charge in [-0.15, -0.1) is 0 Å². The number of carbonyl (C=O) groups excluding carboxylic acids is 1. The lowest BCUT2D eigenvalue weighted by Gasteiger charge is -2.15. The number of carbonyl (C=O) groups is 1. The molecule has 5 rings (SSSR count). The van der Waals surface area contributed by atoms with Gasteiger partial charge in [-0.3, -0.25) is 4.79 Å². The number of aliphatic hydroxyl groups is 1. The third-order valence-electron chi connectivity index (χ3n) is 6.57. The number of amides is 1. The summed E-state index contributed by atoms with van der Waals surface area (Å²) in [4.78, 5) is 13.1. The second kappa shape index (κ2) is 10.8. The SMILES string of the molecule is COc1ccc[n+]([O-])c1C(O)c1ccc(NC(=O)C2=Cc3cc(-c4ccc(C)cc4)ccc3OCC2)cc1. The van der Waals surface area contributed by atoms with Gasteiger partial charge in [0.05, 0.1) is 13.7 Å². The molecule has 4 aromatic rings. The molecule has 38 heavy (non-hydrogen) atoms. The molecule has 3 aromatic carbocycles. The minimum Gasteiger partial charge on any atom is -0.618 e. The standard InChI is InChI=1S/C31H28N2O5/c1-20-5-7-21(8-6-20)23-11-14-27-25(18-23)19-24(15-17-38-27)31(35)32-26-12-9-22(10-13-26)30(34)29-28(37-2)4-3-16-33(29)36/h3-14,16,18-19,30,34H,15,17H2,1-2H3,(H,32,35). The van der Waals surface area contributed by atoms with Gasteiger partial charge in [-0.2, -0.15) is 4.73 Å². The summed E-state index contributed by atoms with van der Waals surface area (Å²) in [7, 11) is 1.44. The van der Waals surface area contributed by atoms with Gasteiger partial charge in [-0.05, 0) is 60.0 Å². The lowest BCUT2D eigenvalue weighted by atomic mass is 10.00. The number of ether oxygens (including phenoxy) is 2. The number of benzene rings is 3. The Balaban J connectivity index is 1.34. The summed E-state index contributed by atoms with van der Waals surface area (Å²) < 4.78 is 11.7. The van der Waals surface area contributed by atoms with Crippen LogP contribution in [0.5, 0.6) is 11.5 Å². The summed E-state index contributed by atoms with van der Waals surface area (Å²) >= 11 is 0.